The summed E-state index contributed by atoms with van der Waals surface area (Å²) in [7, 11) is 0. The zero-order chi connectivity index (χ0) is 13.1. The van der Waals surface area contributed by atoms with Crippen LogP contribution in [0, 0.1) is 0 Å². The van der Waals surface area contributed by atoms with Crippen molar-refractivity contribution in [2.24, 2.45) is 0 Å². The van der Waals surface area contributed by atoms with Crippen molar-refractivity contribution in [2.45, 2.75) is 32.9 Å². The number of rotatable bonds is 5. The Morgan fingerprint density at radius 3 is 2.83 bits per heavy atom. The number of H-pyrrole nitrogens is 1. The Bertz CT molecular complexity index is 490. The van der Waals surface area contributed by atoms with E-state index < -0.39 is 0 Å². The molecule has 1 unspecified atom stereocenters. The molecule has 0 saturated carbocycles. The lowest BCUT2D eigenvalue weighted by atomic mass is 10.2. The van der Waals surface area contributed by atoms with E-state index in [0.717, 1.165) is 22.5 Å². The van der Waals surface area contributed by atoms with Crippen LogP contribution in [0.5, 0.6) is 0 Å². The lowest BCUT2D eigenvalue weighted by Gasteiger charge is -2.19. The SMILES string of the molecule is CCNC(c1ncn[nH]1)c1c(Br)cnn1C(C)C. The third-order valence-corrected chi connectivity index (χ3v) is 3.28. The van der Waals surface area contributed by atoms with Crippen molar-refractivity contribution in [3.63, 3.8) is 0 Å². The highest BCUT2D eigenvalue weighted by atomic mass is 79.9. The minimum atomic E-state index is -0.0447. The fraction of sp³-hybridized carbons (Fsp3) is 0.545. The van der Waals surface area contributed by atoms with E-state index in [1.165, 1.54) is 6.33 Å². The Hall–Kier alpha value is -1.21. The summed E-state index contributed by atoms with van der Waals surface area (Å²) in [6.07, 6.45) is 3.33. The fourth-order valence-electron chi connectivity index (χ4n) is 1.91. The number of aromatic nitrogens is 5. The van der Waals surface area contributed by atoms with Gasteiger partial charge in [0.1, 0.15) is 18.2 Å². The van der Waals surface area contributed by atoms with Crippen molar-refractivity contribution in [1.82, 2.24) is 30.3 Å². The molecule has 2 aromatic rings. The number of aromatic amines is 1. The molecule has 7 heteroatoms. The van der Waals surface area contributed by atoms with Crippen LogP contribution in [-0.4, -0.2) is 31.5 Å². The topological polar surface area (TPSA) is 71.4 Å². The molecule has 18 heavy (non-hydrogen) atoms. The second-order valence-electron chi connectivity index (χ2n) is 4.28. The third-order valence-electron chi connectivity index (χ3n) is 2.66. The summed E-state index contributed by atoms with van der Waals surface area (Å²) in [6, 6.07) is 0.243. The maximum Gasteiger partial charge on any atom is 0.147 e. The maximum absolute atomic E-state index is 4.40. The van der Waals surface area contributed by atoms with Gasteiger partial charge in [0, 0.05) is 6.04 Å². The molecule has 2 heterocycles. The highest BCUT2D eigenvalue weighted by molar-refractivity contribution is 9.10. The van der Waals surface area contributed by atoms with E-state index in [9.17, 15) is 0 Å². The molecule has 6 nitrogen and oxygen atoms in total. The molecule has 2 rings (SSSR count). The quantitative estimate of drug-likeness (QED) is 0.886. The van der Waals surface area contributed by atoms with Crippen molar-refractivity contribution >= 4 is 15.9 Å². The van der Waals surface area contributed by atoms with Crippen LogP contribution in [0.15, 0.2) is 17.0 Å². The Labute approximate surface area is 114 Å². The van der Waals surface area contributed by atoms with Crippen molar-refractivity contribution in [1.29, 1.82) is 0 Å². The molecule has 0 aliphatic carbocycles. The first-order valence-corrected chi connectivity index (χ1v) is 6.76. The third kappa shape index (κ3) is 2.46. The molecule has 2 aromatic heterocycles. The van der Waals surface area contributed by atoms with Crippen LogP contribution in [0.25, 0.3) is 0 Å². The molecule has 0 aromatic carbocycles. The first-order chi connectivity index (χ1) is 8.65. The van der Waals surface area contributed by atoms with Crippen molar-refractivity contribution in [3.8, 4) is 0 Å². The van der Waals surface area contributed by atoms with E-state index in [1.807, 2.05) is 10.9 Å². The minimum Gasteiger partial charge on any atom is -0.303 e. The smallest absolute Gasteiger partial charge is 0.147 e. The van der Waals surface area contributed by atoms with Gasteiger partial charge < -0.3 is 5.32 Å². The summed E-state index contributed by atoms with van der Waals surface area (Å²) in [6.45, 7) is 7.10. The fourth-order valence-corrected chi connectivity index (χ4v) is 2.42. The van der Waals surface area contributed by atoms with E-state index in [0.29, 0.717) is 0 Å². The maximum atomic E-state index is 4.40. The molecule has 0 spiro atoms. The predicted octanol–water partition coefficient (Wildman–Crippen LogP) is 2.04. The molecule has 0 bridgehead atoms. The van der Waals surface area contributed by atoms with Crippen molar-refractivity contribution in [3.05, 3.63) is 28.5 Å². The van der Waals surface area contributed by atoms with Gasteiger partial charge in [-0.25, -0.2) is 4.98 Å². The number of hydrogen-bond donors (Lipinski definition) is 2. The Balaban J connectivity index is 2.45. The van der Waals surface area contributed by atoms with Gasteiger partial charge in [0.05, 0.1) is 16.4 Å². The van der Waals surface area contributed by atoms with Gasteiger partial charge in [0.15, 0.2) is 0 Å². The summed E-state index contributed by atoms with van der Waals surface area (Å²) < 4.78 is 2.96. The molecular weight excluding hydrogens is 296 g/mol. The first-order valence-electron chi connectivity index (χ1n) is 5.96. The van der Waals surface area contributed by atoms with Crippen LogP contribution in [0.3, 0.4) is 0 Å². The minimum absolute atomic E-state index is 0.0447. The van der Waals surface area contributed by atoms with Gasteiger partial charge in [-0.1, -0.05) is 6.92 Å². The highest BCUT2D eigenvalue weighted by Crippen LogP contribution is 2.28. The second-order valence-corrected chi connectivity index (χ2v) is 5.13. The predicted molar refractivity (Wildman–Crippen MR) is 72.2 cm³/mol. The zero-order valence-electron chi connectivity index (χ0n) is 10.7. The van der Waals surface area contributed by atoms with Crippen molar-refractivity contribution < 1.29 is 0 Å². The van der Waals surface area contributed by atoms with Gasteiger partial charge in [0.25, 0.3) is 0 Å². The van der Waals surface area contributed by atoms with Crippen LogP contribution in [0.4, 0.5) is 0 Å². The molecule has 2 N–H and O–H groups in total. The van der Waals surface area contributed by atoms with E-state index in [1.54, 1.807) is 0 Å². The lowest BCUT2D eigenvalue weighted by Crippen LogP contribution is -2.27. The van der Waals surface area contributed by atoms with E-state index in [4.69, 9.17) is 0 Å². The monoisotopic (exact) mass is 312 g/mol. The van der Waals surface area contributed by atoms with E-state index in [-0.39, 0.29) is 12.1 Å². The van der Waals surface area contributed by atoms with Crippen LogP contribution in [0.1, 0.15) is 44.4 Å². The van der Waals surface area contributed by atoms with Crippen molar-refractivity contribution in [2.75, 3.05) is 6.54 Å². The van der Waals surface area contributed by atoms with E-state index in [2.05, 4.69) is 62.3 Å². The van der Waals surface area contributed by atoms with Crippen LogP contribution in [-0.2, 0) is 0 Å². The standard InChI is InChI=1S/C11H17BrN6/c1-4-13-9(11-14-6-15-17-11)10-8(12)5-16-18(10)7(2)3/h5-7,9,13H,4H2,1-3H3,(H,14,15,17). The number of hydrogen-bond acceptors (Lipinski definition) is 4. The van der Waals surface area contributed by atoms with Crippen LogP contribution in [0.2, 0.25) is 0 Å². The average molecular weight is 313 g/mol. The van der Waals surface area contributed by atoms with Crippen LogP contribution >= 0.6 is 15.9 Å². The summed E-state index contributed by atoms with van der Waals surface area (Å²) in [5, 5.41) is 14.6. The van der Waals surface area contributed by atoms with Gasteiger partial charge in [-0.05, 0) is 36.3 Å². The molecule has 1 atom stereocenters. The summed E-state index contributed by atoms with van der Waals surface area (Å²) in [5.74, 6) is 0.792. The van der Waals surface area contributed by atoms with E-state index >= 15 is 0 Å². The summed E-state index contributed by atoms with van der Waals surface area (Å²) >= 11 is 3.56. The molecule has 0 aliphatic heterocycles. The zero-order valence-corrected chi connectivity index (χ0v) is 12.3. The largest absolute Gasteiger partial charge is 0.303 e. The first kappa shape index (κ1) is 13.2. The second kappa shape index (κ2) is 5.62. The normalized spacial score (nSPS) is 13.2. The number of halogens is 1. The number of nitrogens with zero attached hydrogens (tertiary/aromatic N) is 4. The Morgan fingerprint density at radius 1 is 1.50 bits per heavy atom. The Morgan fingerprint density at radius 2 is 2.28 bits per heavy atom. The lowest BCUT2D eigenvalue weighted by molar-refractivity contribution is 0.467. The molecular formula is C11H17BrN6. The molecule has 0 aliphatic rings. The molecule has 0 fully saturated rings. The average Bonchev–Trinajstić information content (AvgIpc) is 2.95. The summed E-state index contributed by atoms with van der Waals surface area (Å²) in [4.78, 5) is 4.24. The molecule has 0 radical (unpaired) electrons. The number of nitrogens with one attached hydrogen (secondary N) is 2. The van der Waals surface area contributed by atoms with Gasteiger partial charge in [0.2, 0.25) is 0 Å². The van der Waals surface area contributed by atoms with Gasteiger partial charge >= 0.3 is 0 Å². The highest BCUT2D eigenvalue weighted by Gasteiger charge is 2.24. The Kier molecular flexibility index (Phi) is 4.13. The molecule has 0 saturated heterocycles. The van der Waals surface area contributed by atoms with Crippen LogP contribution < -0.4 is 5.32 Å². The molecule has 0 amide bonds. The molecule has 98 valence electrons. The van der Waals surface area contributed by atoms with Gasteiger partial charge in [-0.2, -0.15) is 10.2 Å². The van der Waals surface area contributed by atoms with Gasteiger partial charge in [-0.3, -0.25) is 9.78 Å². The summed E-state index contributed by atoms with van der Waals surface area (Å²) in [5.41, 5.74) is 1.06. The van der Waals surface area contributed by atoms with Gasteiger partial charge in [-0.15, -0.1) is 0 Å².